The predicted octanol–water partition coefficient (Wildman–Crippen LogP) is 7.19. The second kappa shape index (κ2) is 11.7. The first-order valence-corrected chi connectivity index (χ1v) is 9.03. The van der Waals surface area contributed by atoms with Gasteiger partial charge in [-0.05, 0) is 46.5 Å². The van der Waals surface area contributed by atoms with E-state index < -0.39 is 6.68 Å². The van der Waals surface area contributed by atoms with E-state index in [1.54, 1.807) is 0 Å². The number of hydrogen-bond donors (Lipinski definition) is 0. The molecule has 4 rings (SSSR count). The summed E-state index contributed by atoms with van der Waals surface area (Å²) in [5.74, 6) is 1.69. The second-order valence-corrected chi connectivity index (χ2v) is 6.10. The molecule has 0 bridgehead atoms. The van der Waals surface area contributed by atoms with Crippen LogP contribution < -0.4 is 4.74 Å². The van der Waals surface area contributed by atoms with Gasteiger partial charge in [0.25, 0.3) is 0 Å². The third-order valence-corrected chi connectivity index (χ3v) is 4.16. The fourth-order valence-corrected chi connectivity index (χ4v) is 2.93. The molecule has 4 aromatic rings. The first kappa shape index (κ1) is 23.1. The van der Waals surface area contributed by atoms with Gasteiger partial charge in [0, 0.05) is 0 Å². The molecule has 1 nitrogen and oxygen atoms in total. The van der Waals surface area contributed by atoms with E-state index in [0.717, 1.165) is 11.5 Å². The lowest BCUT2D eigenvalue weighted by molar-refractivity contribution is 0.00819. The van der Waals surface area contributed by atoms with Crippen LogP contribution in [0.25, 0.3) is 22.3 Å². The van der Waals surface area contributed by atoms with E-state index in [4.69, 9.17) is 4.74 Å². The summed E-state index contributed by atoms with van der Waals surface area (Å²) < 4.78 is 34.9. The van der Waals surface area contributed by atoms with Gasteiger partial charge in [0.1, 0.15) is 11.5 Å². The van der Waals surface area contributed by atoms with Crippen molar-refractivity contribution in [2.45, 2.75) is 6.68 Å². The maximum atomic E-state index is 9.67. The Labute approximate surface area is 181 Å². The van der Waals surface area contributed by atoms with Gasteiger partial charge in [0.2, 0.25) is 0 Å². The predicted molar refractivity (Wildman–Crippen MR) is 122 cm³/mol. The molecule has 0 aliphatic rings. The minimum atomic E-state index is -3.67. The molecule has 0 fully saturated rings. The van der Waals surface area contributed by atoms with Gasteiger partial charge in [-0.1, -0.05) is 98.4 Å². The zero-order valence-corrected chi connectivity index (χ0v) is 17.2. The normalized spacial score (nSPS) is 9.87. The molecule has 0 unspecified atom stereocenters. The molecule has 0 radical (unpaired) electrons. The van der Waals surface area contributed by atoms with Crippen LogP contribution in [0.5, 0.6) is 11.5 Å². The van der Waals surface area contributed by atoms with Gasteiger partial charge in [-0.25, -0.2) is 0 Å². The van der Waals surface area contributed by atoms with E-state index >= 15 is 0 Å². The summed E-state index contributed by atoms with van der Waals surface area (Å²) in [7, 11) is 0. The molecule has 0 amide bonds. The minimum absolute atomic E-state index is 0. The lowest BCUT2D eigenvalue weighted by Gasteiger charge is -2.11. The largest absolute Gasteiger partial charge is 0.457 e. The topological polar surface area (TPSA) is 9.23 Å². The van der Waals surface area contributed by atoms with Gasteiger partial charge in [0.15, 0.2) is 0 Å². The Balaban J connectivity index is 0.000000591. The summed E-state index contributed by atoms with van der Waals surface area (Å²) in [6.07, 6.45) is 0. The molecule has 0 spiro atoms. The molecule has 4 aromatic carbocycles. The smallest absolute Gasteiger partial charge is 0.379 e. The number of ether oxygens (including phenoxy) is 1. The van der Waals surface area contributed by atoms with E-state index in [-0.39, 0.29) is 13.5 Å². The van der Waals surface area contributed by atoms with Crippen LogP contribution in [0.3, 0.4) is 0 Å². The molecule has 0 saturated carbocycles. The Hall–Kier alpha value is -3.18. The fraction of sp³-hybridized carbons (Fsp3) is 0.0400. The first-order valence-electron chi connectivity index (χ1n) is 9.03. The van der Waals surface area contributed by atoms with E-state index in [9.17, 15) is 13.2 Å². The number of rotatable bonds is 4. The number of para-hydroxylation sites is 1. The van der Waals surface area contributed by atoms with Crippen LogP contribution >= 0.6 is 0 Å². The molecular formula is C25H22F3OS+. The standard InChI is InChI=1S/C24H18O.CHF3.H2S/c1-3-9-19(10-4-1)23-13-7-8-14-24(23)20-15-17-22(18-16-20)25-21-11-5-2-6-12-21;2-1(3)4;/h1-18H;1H;1H2/p+1. The number of halogens is 3. The van der Waals surface area contributed by atoms with Crippen LogP contribution in [-0.4, -0.2) is 6.68 Å². The van der Waals surface area contributed by atoms with Gasteiger partial charge in [-0.3, -0.25) is 0 Å². The fourth-order valence-electron chi connectivity index (χ4n) is 2.93. The Morgan fingerprint density at radius 2 is 0.833 bits per heavy atom. The monoisotopic (exact) mass is 427 g/mol. The molecule has 0 aliphatic heterocycles. The molecular weight excluding hydrogens is 405 g/mol. The highest BCUT2D eigenvalue weighted by Crippen LogP contribution is 2.33. The summed E-state index contributed by atoms with van der Waals surface area (Å²) in [4.78, 5) is 0. The molecule has 0 saturated heterocycles. The number of alkyl halides is 3. The Kier molecular flexibility index (Phi) is 9.03. The summed E-state index contributed by atoms with van der Waals surface area (Å²) in [6.45, 7) is -3.67. The van der Waals surface area contributed by atoms with E-state index in [1.165, 1.54) is 22.3 Å². The van der Waals surface area contributed by atoms with Crippen molar-refractivity contribution in [2.24, 2.45) is 0 Å². The van der Waals surface area contributed by atoms with Crippen molar-refractivity contribution < 1.29 is 17.9 Å². The quantitative estimate of drug-likeness (QED) is 0.313. The van der Waals surface area contributed by atoms with E-state index in [2.05, 4.69) is 60.7 Å². The van der Waals surface area contributed by atoms with E-state index in [0.29, 0.717) is 0 Å². The molecule has 30 heavy (non-hydrogen) atoms. The van der Waals surface area contributed by atoms with Crippen LogP contribution in [0.2, 0.25) is 0 Å². The number of hydrogen-bond acceptors (Lipinski definition) is 1. The van der Waals surface area contributed by atoms with Gasteiger partial charge in [0.05, 0.1) is 0 Å². The average Bonchev–Trinajstić information content (AvgIpc) is 2.75. The van der Waals surface area contributed by atoms with Crippen molar-refractivity contribution in [1.82, 2.24) is 0 Å². The number of benzene rings is 4. The van der Waals surface area contributed by atoms with Crippen LogP contribution in [0, 0.1) is 0 Å². The highest BCUT2D eigenvalue weighted by atomic mass is 32.1. The molecule has 0 atom stereocenters. The van der Waals surface area contributed by atoms with Gasteiger partial charge in [-0.2, -0.15) is 13.2 Å². The summed E-state index contributed by atoms with van der Waals surface area (Å²) in [5.41, 5.74) is 4.86. The summed E-state index contributed by atoms with van der Waals surface area (Å²) in [6, 6.07) is 37.1. The summed E-state index contributed by atoms with van der Waals surface area (Å²) >= 11 is 0. The third kappa shape index (κ3) is 6.71. The highest BCUT2D eigenvalue weighted by Gasteiger charge is 2.07. The van der Waals surface area contributed by atoms with Crippen molar-refractivity contribution >= 4 is 13.5 Å². The minimum Gasteiger partial charge on any atom is -0.457 e. The molecule has 0 aliphatic carbocycles. The average molecular weight is 428 g/mol. The second-order valence-electron chi connectivity index (χ2n) is 6.10. The van der Waals surface area contributed by atoms with Crippen molar-refractivity contribution in [2.75, 3.05) is 0 Å². The first-order chi connectivity index (χ1) is 14.1. The van der Waals surface area contributed by atoms with Crippen LogP contribution in [-0.2, 0) is 13.5 Å². The van der Waals surface area contributed by atoms with Crippen LogP contribution in [0.4, 0.5) is 13.2 Å². The molecule has 0 N–H and O–H groups in total. The lowest BCUT2D eigenvalue weighted by Crippen LogP contribution is -1.86. The molecule has 0 heterocycles. The van der Waals surface area contributed by atoms with Gasteiger partial charge in [-0.15, -0.1) is 0 Å². The van der Waals surface area contributed by atoms with Crippen molar-refractivity contribution in [3.63, 3.8) is 0 Å². The van der Waals surface area contributed by atoms with Crippen molar-refractivity contribution in [3.8, 4) is 33.8 Å². The third-order valence-electron chi connectivity index (χ3n) is 4.16. The lowest BCUT2D eigenvalue weighted by atomic mass is 9.95. The highest BCUT2D eigenvalue weighted by molar-refractivity contribution is 7.37. The Morgan fingerprint density at radius 1 is 0.467 bits per heavy atom. The van der Waals surface area contributed by atoms with Crippen LogP contribution in [0.1, 0.15) is 0 Å². The zero-order chi connectivity index (χ0) is 20.5. The van der Waals surface area contributed by atoms with E-state index in [1.807, 2.05) is 48.5 Å². The van der Waals surface area contributed by atoms with Crippen LogP contribution in [0.15, 0.2) is 109 Å². The Bertz CT molecular complexity index is 1000. The zero-order valence-electron chi connectivity index (χ0n) is 16.1. The molecule has 0 aromatic heterocycles. The van der Waals surface area contributed by atoms with Gasteiger partial charge >= 0.3 is 6.68 Å². The van der Waals surface area contributed by atoms with Crippen molar-refractivity contribution in [1.29, 1.82) is 0 Å². The Morgan fingerprint density at radius 3 is 1.33 bits per heavy atom. The summed E-state index contributed by atoms with van der Waals surface area (Å²) in [5, 5.41) is 0. The molecule has 154 valence electrons. The SMILES string of the molecule is FC(F)F.[SH3+].c1ccc(Oc2ccc(-c3ccccc3-c3ccccc3)cc2)cc1. The molecule has 5 heteroatoms. The van der Waals surface area contributed by atoms with Gasteiger partial charge < -0.3 is 4.74 Å². The van der Waals surface area contributed by atoms with Crippen molar-refractivity contribution in [3.05, 3.63) is 109 Å². The maximum absolute atomic E-state index is 9.67. The maximum Gasteiger partial charge on any atom is 0.379 e.